The summed E-state index contributed by atoms with van der Waals surface area (Å²) in [5.74, 6) is -0.968. The molecule has 3 fully saturated rings. The van der Waals surface area contributed by atoms with E-state index in [0.29, 0.717) is 18.2 Å². The molecule has 28 heavy (non-hydrogen) atoms. The molecule has 2 bridgehead atoms. The third kappa shape index (κ3) is 3.31. The third-order valence-corrected chi connectivity index (χ3v) is 5.05. The number of nitrogens with zero attached hydrogens (tertiary/aromatic N) is 4. The first-order chi connectivity index (χ1) is 13.5. The Hall–Kier alpha value is -3.00. The number of rotatable bonds is 4. The molecule has 0 spiro atoms. The highest BCUT2D eigenvalue weighted by Gasteiger charge is 2.38. The lowest BCUT2D eigenvalue weighted by molar-refractivity contribution is -0.133. The van der Waals surface area contributed by atoms with Crippen molar-refractivity contribution in [3.63, 3.8) is 0 Å². The Kier molecular flexibility index (Phi) is 4.01. The number of ether oxygens (including phenoxy) is 1. The molecule has 2 aromatic carbocycles. The maximum atomic E-state index is 13.4. The summed E-state index contributed by atoms with van der Waals surface area (Å²) in [7, 11) is 0. The largest absolute Gasteiger partial charge is 0.371 e. The van der Waals surface area contributed by atoms with E-state index in [2.05, 4.69) is 32.4 Å². The molecule has 6 rings (SSSR count). The van der Waals surface area contributed by atoms with Crippen molar-refractivity contribution in [3.8, 4) is 5.69 Å². The summed E-state index contributed by atoms with van der Waals surface area (Å²) in [6, 6.07) is 9.45. The van der Waals surface area contributed by atoms with E-state index in [4.69, 9.17) is 4.74 Å². The van der Waals surface area contributed by atoms with Crippen LogP contribution in [-0.4, -0.2) is 40.1 Å². The minimum Gasteiger partial charge on any atom is -0.371 e. The van der Waals surface area contributed by atoms with Crippen molar-refractivity contribution in [1.29, 1.82) is 0 Å². The molecule has 0 aliphatic carbocycles. The van der Waals surface area contributed by atoms with E-state index in [0.717, 1.165) is 42.5 Å². The van der Waals surface area contributed by atoms with Crippen molar-refractivity contribution < 1.29 is 13.5 Å². The van der Waals surface area contributed by atoms with Gasteiger partial charge in [-0.2, -0.15) is 4.98 Å². The van der Waals surface area contributed by atoms with Gasteiger partial charge in [-0.3, -0.25) is 0 Å². The highest BCUT2D eigenvalue weighted by atomic mass is 19.1. The van der Waals surface area contributed by atoms with Gasteiger partial charge in [0.2, 0.25) is 5.95 Å². The zero-order valence-corrected chi connectivity index (χ0v) is 15.3. The predicted octanol–water partition coefficient (Wildman–Crippen LogP) is 3.58. The van der Waals surface area contributed by atoms with Crippen molar-refractivity contribution in [2.24, 2.45) is 0 Å². The van der Waals surface area contributed by atoms with Crippen molar-refractivity contribution in [1.82, 2.24) is 14.8 Å². The van der Waals surface area contributed by atoms with Crippen LogP contribution in [0, 0.1) is 18.6 Å². The van der Waals surface area contributed by atoms with Crippen molar-refractivity contribution in [3.05, 3.63) is 59.9 Å². The van der Waals surface area contributed by atoms with E-state index in [-0.39, 0.29) is 5.69 Å². The molecule has 2 unspecified atom stereocenters. The Morgan fingerprint density at radius 3 is 2.43 bits per heavy atom. The minimum atomic E-state index is -0.660. The number of piperidine rings is 1. The van der Waals surface area contributed by atoms with Crippen molar-refractivity contribution in [2.45, 2.75) is 25.6 Å². The summed E-state index contributed by atoms with van der Waals surface area (Å²) in [4.78, 5) is 6.54. The molecule has 3 aliphatic heterocycles. The van der Waals surface area contributed by atoms with Crippen molar-refractivity contribution in [2.75, 3.05) is 23.3 Å². The van der Waals surface area contributed by atoms with Gasteiger partial charge in [0.05, 0.1) is 17.9 Å². The zero-order chi connectivity index (χ0) is 19.3. The Morgan fingerprint density at radius 1 is 1.00 bits per heavy atom. The molecule has 6 nitrogen and oxygen atoms in total. The van der Waals surface area contributed by atoms with E-state index < -0.39 is 11.6 Å². The maximum absolute atomic E-state index is 13.4. The van der Waals surface area contributed by atoms with Gasteiger partial charge in [-0.15, -0.1) is 5.10 Å². The number of morpholine rings is 1. The van der Waals surface area contributed by atoms with Crippen LogP contribution >= 0.6 is 0 Å². The minimum absolute atomic E-state index is 0.274. The summed E-state index contributed by atoms with van der Waals surface area (Å²) in [6.07, 6.45) is 3.23. The highest BCUT2D eigenvalue weighted by molar-refractivity contribution is 5.64. The first-order valence-electron chi connectivity index (χ1n) is 9.19. The van der Waals surface area contributed by atoms with Gasteiger partial charge < -0.3 is 15.0 Å². The molecule has 1 N–H and O–H groups in total. The van der Waals surface area contributed by atoms with E-state index in [1.165, 1.54) is 23.1 Å². The zero-order valence-electron chi connectivity index (χ0n) is 15.3. The van der Waals surface area contributed by atoms with E-state index >= 15 is 0 Å². The lowest BCUT2D eigenvalue weighted by atomic mass is 9.98. The van der Waals surface area contributed by atoms with Gasteiger partial charge in [-0.1, -0.05) is 0 Å². The van der Waals surface area contributed by atoms with Gasteiger partial charge in [0, 0.05) is 37.0 Å². The van der Waals surface area contributed by atoms with Crippen LogP contribution < -0.4 is 10.2 Å². The molecule has 1 aromatic heterocycles. The molecule has 0 saturated carbocycles. The molecule has 3 aliphatic rings. The maximum Gasteiger partial charge on any atom is 0.246 e. The number of aryl methyl sites for hydroxylation is 1. The van der Waals surface area contributed by atoms with Gasteiger partial charge in [0.15, 0.2) is 0 Å². The van der Waals surface area contributed by atoms with Crippen LogP contribution in [0.3, 0.4) is 0 Å². The lowest BCUT2D eigenvalue weighted by Crippen LogP contribution is -2.57. The topological polar surface area (TPSA) is 55.2 Å². The molecular weight excluding hydrogens is 364 g/mol. The van der Waals surface area contributed by atoms with Crippen molar-refractivity contribution >= 4 is 17.3 Å². The number of hydrogen-bond acceptors (Lipinski definition) is 5. The summed E-state index contributed by atoms with van der Waals surface area (Å²) >= 11 is 0. The molecule has 2 atom stereocenters. The monoisotopic (exact) mass is 383 g/mol. The van der Waals surface area contributed by atoms with Crippen LogP contribution in [0.2, 0.25) is 0 Å². The molecule has 0 radical (unpaired) electrons. The van der Waals surface area contributed by atoms with Crippen LogP contribution in [0.5, 0.6) is 0 Å². The summed E-state index contributed by atoms with van der Waals surface area (Å²) in [5, 5.41) is 7.45. The Bertz CT molecular complexity index is 1000. The number of halogens is 2. The number of nitrogens with one attached hydrogen (secondary N) is 1. The average Bonchev–Trinajstić information content (AvgIpc) is 3.08. The summed E-state index contributed by atoms with van der Waals surface area (Å²) < 4.78 is 33.9. The SMILES string of the molecule is Cc1cc(Nc2ncn(-c3cc(F)cc(F)c3)n2)cc(N2CC3CC(C2)O3)c1. The predicted molar refractivity (Wildman–Crippen MR) is 101 cm³/mol. The molecule has 8 heteroatoms. The molecule has 0 amide bonds. The van der Waals surface area contributed by atoms with E-state index in [1.54, 1.807) is 0 Å². The fourth-order valence-corrected chi connectivity index (χ4v) is 3.83. The van der Waals surface area contributed by atoms with Gasteiger partial charge in [-0.25, -0.2) is 13.5 Å². The number of hydrogen-bond donors (Lipinski definition) is 1. The number of anilines is 3. The number of fused-ring (bicyclic) bond motifs is 2. The van der Waals surface area contributed by atoms with Gasteiger partial charge in [0.1, 0.15) is 18.0 Å². The fourth-order valence-electron chi connectivity index (χ4n) is 3.83. The van der Waals surface area contributed by atoms with Crippen LogP contribution in [0.4, 0.5) is 26.1 Å². The van der Waals surface area contributed by atoms with Gasteiger partial charge in [0.25, 0.3) is 0 Å². The third-order valence-electron chi connectivity index (χ3n) is 5.05. The van der Waals surface area contributed by atoms with Crippen LogP contribution in [0.1, 0.15) is 12.0 Å². The Morgan fingerprint density at radius 2 is 1.71 bits per heavy atom. The first-order valence-corrected chi connectivity index (χ1v) is 9.19. The van der Waals surface area contributed by atoms with Crippen LogP contribution in [0.15, 0.2) is 42.7 Å². The second-order valence-electron chi connectivity index (χ2n) is 7.34. The summed E-state index contributed by atoms with van der Waals surface area (Å²) in [5.41, 5.74) is 3.38. The summed E-state index contributed by atoms with van der Waals surface area (Å²) in [6.45, 7) is 3.84. The van der Waals surface area contributed by atoms with E-state index in [1.807, 2.05) is 13.0 Å². The molecule has 4 heterocycles. The quantitative estimate of drug-likeness (QED) is 0.746. The first kappa shape index (κ1) is 17.1. The molecule has 3 saturated heterocycles. The second-order valence-corrected chi connectivity index (χ2v) is 7.34. The number of aromatic nitrogens is 3. The fraction of sp³-hybridized carbons (Fsp3) is 0.300. The normalized spacial score (nSPS) is 20.8. The second kappa shape index (κ2) is 6.56. The Balaban J connectivity index is 1.37. The van der Waals surface area contributed by atoms with Crippen LogP contribution in [0.25, 0.3) is 5.69 Å². The van der Waals surface area contributed by atoms with Gasteiger partial charge >= 0.3 is 0 Å². The van der Waals surface area contributed by atoms with E-state index in [9.17, 15) is 8.78 Å². The van der Waals surface area contributed by atoms with Gasteiger partial charge in [-0.05, 0) is 42.8 Å². The smallest absolute Gasteiger partial charge is 0.246 e. The standard InChI is InChI=1S/C20H19F2N5O/c1-12-2-15(7-16(3-12)26-9-18-8-19(10-26)28-18)24-20-23-11-27(25-20)17-5-13(21)4-14(22)6-17/h2-7,11,18-19H,8-10H2,1H3,(H,24,25). The number of benzene rings is 2. The average molecular weight is 383 g/mol. The highest BCUT2D eigenvalue weighted by Crippen LogP contribution is 2.33. The molecule has 144 valence electrons. The molecular formula is C20H19F2N5O. The lowest BCUT2D eigenvalue weighted by Gasteiger charge is -2.48. The Labute approximate surface area is 160 Å². The van der Waals surface area contributed by atoms with Crippen LogP contribution in [-0.2, 0) is 4.74 Å². The molecule has 3 aromatic rings.